The van der Waals surface area contributed by atoms with Crippen LogP contribution in [0.4, 0.5) is 5.82 Å². The van der Waals surface area contributed by atoms with Gasteiger partial charge in [-0.2, -0.15) is 0 Å². The van der Waals surface area contributed by atoms with E-state index in [1.54, 1.807) is 6.20 Å². The number of aromatic nitrogens is 2. The minimum Gasteiger partial charge on any atom is -0.376 e. The smallest absolute Gasteiger partial charge is 0.143 e. The molecule has 172 valence electrons. The molecule has 2 aliphatic rings. The van der Waals surface area contributed by atoms with E-state index in [1.807, 2.05) is 38.1 Å². The van der Waals surface area contributed by atoms with Gasteiger partial charge in [-0.1, -0.05) is 17.7 Å². The highest BCUT2D eigenvalue weighted by atomic mass is 35.5. The van der Waals surface area contributed by atoms with Crippen molar-refractivity contribution < 1.29 is 14.3 Å². The van der Waals surface area contributed by atoms with Crippen molar-refractivity contribution in [1.29, 1.82) is 0 Å². The van der Waals surface area contributed by atoms with Crippen molar-refractivity contribution in [2.75, 3.05) is 38.2 Å². The first kappa shape index (κ1) is 23.1. The minimum atomic E-state index is -0.286. The number of pyridine rings is 2. The molecule has 0 amide bonds. The Bertz CT molecular complexity index is 947. The number of nitrogens with zero attached hydrogens (tertiary/aromatic N) is 2. The van der Waals surface area contributed by atoms with Crippen LogP contribution in [-0.2, 0) is 20.7 Å². The molecular formula is C24H31ClN4O3. The zero-order chi connectivity index (χ0) is 22.6. The van der Waals surface area contributed by atoms with Gasteiger partial charge >= 0.3 is 0 Å². The number of carbonyl (C=O) groups excluding carboxylic acids is 1. The summed E-state index contributed by atoms with van der Waals surface area (Å²) in [6.45, 7) is 7.54. The molecule has 0 aromatic carbocycles. The van der Waals surface area contributed by atoms with Crippen LogP contribution in [0.3, 0.4) is 0 Å². The lowest BCUT2D eigenvalue weighted by molar-refractivity contribution is -0.177. The van der Waals surface area contributed by atoms with E-state index in [-0.39, 0.29) is 23.4 Å². The summed E-state index contributed by atoms with van der Waals surface area (Å²) in [5, 5.41) is 7.14. The second-order valence-electron chi connectivity index (χ2n) is 9.15. The van der Waals surface area contributed by atoms with Crippen LogP contribution >= 0.6 is 11.6 Å². The molecule has 2 aliphatic heterocycles. The number of halogens is 1. The summed E-state index contributed by atoms with van der Waals surface area (Å²) in [4.78, 5) is 21.8. The normalized spacial score (nSPS) is 23.0. The number of carbonyl (C=O) groups is 1. The van der Waals surface area contributed by atoms with Crippen molar-refractivity contribution in [3.63, 3.8) is 0 Å². The molecule has 0 radical (unpaired) electrons. The maximum atomic E-state index is 12.7. The first-order chi connectivity index (χ1) is 15.4. The van der Waals surface area contributed by atoms with Gasteiger partial charge in [-0.05, 0) is 51.4 Å². The van der Waals surface area contributed by atoms with Crippen molar-refractivity contribution >= 4 is 23.2 Å². The fourth-order valence-corrected chi connectivity index (χ4v) is 4.38. The second-order valence-corrected chi connectivity index (χ2v) is 9.55. The summed E-state index contributed by atoms with van der Waals surface area (Å²) in [6, 6.07) is 7.63. The third kappa shape index (κ3) is 6.04. The van der Waals surface area contributed by atoms with Gasteiger partial charge in [-0.25, -0.2) is 4.98 Å². The highest BCUT2D eigenvalue weighted by Gasteiger charge is 2.29. The standard InChI is InChI=1S/C24H31ClN4O3/c1-24(2)15-31-14-18(32-24)12-28-23-7-3-6-21(29-23)19-9-17(27-13-20(19)25)10-22(30)16-5-4-8-26-11-16/h3,6-7,9,13,16,18,26H,4-5,8,10-12,14-15H2,1-2H3,(H,28,29)/t16-,18?/m1/s1. The number of hydrogen-bond donors (Lipinski definition) is 2. The molecule has 0 spiro atoms. The first-order valence-corrected chi connectivity index (χ1v) is 11.6. The van der Waals surface area contributed by atoms with E-state index in [1.165, 1.54) is 0 Å². The number of piperidine rings is 1. The predicted octanol–water partition coefficient (Wildman–Crippen LogP) is 3.51. The van der Waals surface area contributed by atoms with Gasteiger partial charge < -0.3 is 20.1 Å². The molecule has 2 aromatic heterocycles. The molecule has 2 aromatic rings. The van der Waals surface area contributed by atoms with Crippen molar-refractivity contribution in [3.8, 4) is 11.3 Å². The van der Waals surface area contributed by atoms with Gasteiger partial charge in [0.1, 0.15) is 11.6 Å². The predicted molar refractivity (Wildman–Crippen MR) is 125 cm³/mol. The Hall–Kier alpha value is -2.06. The lowest BCUT2D eigenvalue weighted by Crippen LogP contribution is -2.45. The molecular weight excluding hydrogens is 428 g/mol. The number of hydrogen-bond acceptors (Lipinski definition) is 7. The van der Waals surface area contributed by atoms with E-state index in [2.05, 4.69) is 15.6 Å². The molecule has 2 atom stereocenters. The Morgan fingerprint density at radius 2 is 2.25 bits per heavy atom. The van der Waals surface area contributed by atoms with E-state index in [4.69, 9.17) is 26.1 Å². The fourth-order valence-electron chi connectivity index (χ4n) is 4.18. The Morgan fingerprint density at radius 1 is 1.38 bits per heavy atom. The Balaban J connectivity index is 1.43. The molecule has 4 rings (SSSR count). The Morgan fingerprint density at radius 3 is 3.03 bits per heavy atom. The minimum absolute atomic E-state index is 0.0411. The first-order valence-electron chi connectivity index (χ1n) is 11.2. The van der Waals surface area contributed by atoms with Crippen LogP contribution in [0.1, 0.15) is 32.4 Å². The molecule has 1 unspecified atom stereocenters. The molecule has 0 bridgehead atoms. The summed E-state index contributed by atoms with van der Waals surface area (Å²) < 4.78 is 11.7. The van der Waals surface area contributed by atoms with Crippen LogP contribution in [0.5, 0.6) is 0 Å². The second kappa shape index (κ2) is 10.3. The summed E-state index contributed by atoms with van der Waals surface area (Å²) in [5.41, 5.74) is 1.94. The van der Waals surface area contributed by atoms with Crippen molar-refractivity contribution in [1.82, 2.24) is 15.3 Å². The molecule has 2 fully saturated rings. The zero-order valence-corrected chi connectivity index (χ0v) is 19.5. The lowest BCUT2D eigenvalue weighted by Gasteiger charge is -2.36. The van der Waals surface area contributed by atoms with Gasteiger partial charge in [0.05, 0.1) is 35.6 Å². The molecule has 0 saturated carbocycles. The third-order valence-corrected chi connectivity index (χ3v) is 6.10. The van der Waals surface area contributed by atoms with Gasteiger partial charge in [0.25, 0.3) is 0 Å². The van der Waals surface area contributed by atoms with E-state index in [0.717, 1.165) is 48.7 Å². The van der Waals surface area contributed by atoms with Gasteiger partial charge in [-0.3, -0.25) is 9.78 Å². The number of ether oxygens (including phenoxy) is 2. The van der Waals surface area contributed by atoms with Gasteiger partial charge in [0, 0.05) is 42.9 Å². The molecule has 0 aliphatic carbocycles. The fraction of sp³-hybridized carbons (Fsp3) is 0.542. The van der Waals surface area contributed by atoms with Gasteiger partial charge in [0.2, 0.25) is 0 Å². The monoisotopic (exact) mass is 458 g/mol. The van der Waals surface area contributed by atoms with E-state index in [9.17, 15) is 4.79 Å². The zero-order valence-electron chi connectivity index (χ0n) is 18.7. The average molecular weight is 459 g/mol. The van der Waals surface area contributed by atoms with Crippen LogP contribution in [0, 0.1) is 5.92 Å². The van der Waals surface area contributed by atoms with E-state index in [0.29, 0.717) is 31.2 Å². The van der Waals surface area contributed by atoms with Crippen LogP contribution in [-0.4, -0.2) is 60.3 Å². The molecule has 2 saturated heterocycles. The SMILES string of the molecule is CC1(C)COCC(CNc2cccc(-c3cc(CC(=O)[C@@H]4CCCNC4)ncc3Cl)n2)O1. The summed E-state index contributed by atoms with van der Waals surface area (Å²) in [6.07, 6.45) is 3.85. The molecule has 8 heteroatoms. The molecule has 2 N–H and O–H groups in total. The van der Waals surface area contributed by atoms with Gasteiger partial charge in [-0.15, -0.1) is 0 Å². The number of rotatable bonds is 7. The van der Waals surface area contributed by atoms with E-state index >= 15 is 0 Å². The summed E-state index contributed by atoms with van der Waals surface area (Å²) >= 11 is 6.44. The summed E-state index contributed by atoms with van der Waals surface area (Å²) in [7, 11) is 0. The van der Waals surface area contributed by atoms with E-state index < -0.39 is 0 Å². The van der Waals surface area contributed by atoms with Gasteiger partial charge in [0.15, 0.2) is 0 Å². The number of ketones is 1. The highest BCUT2D eigenvalue weighted by Crippen LogP contribution is 2.28. The third-order valence-electron chi connectivity index (χ3n) is 5.79. The van der Waals surface area contributed by atoms with Crippen LogP contribution in [0.2, 0.25) is 5.02 Å². The molecule has 32 heavy (non-hydrogen) atoms. The van der Waals surface area contributed by atoms with Crippen LogP contribution in [0.15, 0.2) is 30.5 Å². The summed E-state index contributed by atoms with van der Waals surface area (Å²) in [5.74, 6) is 1.01. The van der Waals surface area contributed by atoms with Crippen molar-refractivity contribution in [3.05, 3.63) is 41.2 Å². The van der Waals surface area contributed by atoms with Crippen LogP contribution in [0.25, 0.3) is 11.3 Å². The number of anilines is 1. The molecule has 7 nitrogen and oxygen atoms in total. The lowest BCUT2D eigenvalue weighted by atomic mass is 9.92. The largest absolute Gasteiger partial charge is 0.376 e. The Labute approximate surface area is 194 Å². The highest BCUT2D eigenvalue weighted by molar-refractivity contribution is 6.33. The number of nitrogens with one attached hydrogen (secondary N) is 2. The van der Waals surface area contributed by atoms with Crippen molar-refractivity contribution in [2.24, 2.45) is 5.92 Å². The molecule has 4 heterocycles. The number of Topliss-reactive ketones (excluding diaryl/α,β-unsaturated/α-hetero) is 1. The maximum Gasteiger partial charge on any atom is 0.143 e. The van der Waals surface area contributed by atoms with Crippen LogP contribution < -0.4 is 10.6 Å². The average Bonchev–Trinajstić information content (AvgIpc) is 2.79. The van der Waals surface area contributed by atoms with Crippen molar-refractivity contribution in [2.45, 2.75) is 44.8 Å². The quantitative estimate of drug-likeness (QED) is 0.656. The topological polar surface area (TPSA) is 85.4 Å². The Kier molecular flexibility index (Phi) is 7.40. The maximum absolute atomic E-state index is 12.7.